The van der Waals surface area contributed by atoms with Gasteiger partial charge in [-0.25, -0.2) is 0 Å². The summed E-state index contributed by atoms with van der Waals surface area (Å²) in [5.74, 6) is -1.41. The first-order valence-corrected chi connectivity index (χ1v) is 11.2. The quantitative estimate of drug-likeness (QED) is 0.699. The number of fused-ring (bicyclic) bond motifs is 3. The van der Waals surface area contributed by atoms with Gasteiger partial charge in [-0.15, -0.1) is 0 Å². The number of anilines is 1. The third kappa shape index (κ3) is 4.61. The smallest absolute Gasteiger partial charge is 0.190 e. The molecule has 172 valence electrons. The van der Waals surface area contributed by atoms with Crippen molar-refractivity contribution < 1.29 is 33.2 Å². The molecular weight excluding hydrogens is 402 g/mol. The van der Waals surface area contributed by atoms with E-state index in [2.05, 4.69) is 29.2 Å². The SMILES string of the molecule is CC1(C)O[C@@H]2[C@H](O1)[C@H]1OC(C)(C)OC1O[C@@H]2COCc1ccc(N2CCOCC2)cc1. The Kier molecular flexibility index (Phi) is 5.75. The number of hydrogen-bond acceptors (Lipinski definition) is 8. The van der Waals surface area contributed by atoms with Gasteiger partial charge in [0.25, 0.3) is 0 Å². The molecule has 4 fully saturated rings. The molecule has 5 rings (SSSR count). The number of nitrogens with zero attached hydrogens (tertiary/aromatic N) is 1. The summed E-state index contributed by atoms with van der Waals surface area (Å²) in [6.45, 7) is 11.9. The Morgan fingerprint density at radius 2 is 1.52 bits per heavy atom. The van der Waals surface area contributed by atoms with Crippen LogP contribution in [0, 0.1) is 0 Å². The molecular formula is C23H33NO7. The maximum atomic E-state index is 6.19. The molecule has 0 saturated carbocycles. The molecule has 4 aliphatic rings. The monoisotopic (exact) mass is 435 g/mol. The minimum Gasteiger partial charge on any atom is -0.378 e. The van der Waals surface area contributed by atoms with Crippen molar-refractivity contribution in [3.05, 3.63) is 29.8 Å². The van der Waals surface area contributed by atoms with E-state index in [0.717, 1.165) is 31.9 Å². The molecule has 8 heteroatoms. The van der Waals surface area contributed by atoms with Gasteiger partial charge in [0.1, 0.15) is 24.4 Å². The van der Waals surface area contributed by atoms with E-state index in [1.807, 2.05) is 27.7 Å². The van der Waals surface area contributed by atoms with Gasteiger partial charge in [0.05, 0.1) is 26.4 Å². The van der Waals surface area contributed by atoms with E-state index in [1.165, 1.54) is 5.69 Å². The van der Waals surface area contributed by atoms with Crippen LogP contribution < -0.4 is 4.90 Å². The Morgan fingerprint density at radius 3 is 2.26 bits per heavy atom. The second-order valence-electron chi connectivity index (χ2n) is 9.49. The van der Waals surface area contributed by atoms with Gasteiger partial charge in [-0.2, -0.15) is 0 Å². The number of benzene rings is 1. The molecule has 5 atom stereocenters. The van der Waals surface area contributed by atoms with E-state index in [9.17, 15) is 0 Å². The van der Waals surface area contributed by atoms with Gasteiger partial charge in [-0.3, -0.25) is 0 Å². The molecule has 8 nitrogen and oxygen atoms in total. The van der Waals surface area contributed by atoms with Crippen molar-refractivity contribution in [2.45, 2.75) is 76.6 Å². The van der Waals surface area contributed by atoms with Crippen molar-refractivity contribution in [3.63, 3.8) is 0 Å². The third-order valence-electron chi connectivity index (χ3n) is 6.11. The minimum absolute atomic E-state index is 0.253. The summed E-state index contributed by atoms with van der Waals surface area (Å²) in [5, 5.41) is 0. The Labute approximate surface area is 183 Å². The molecule has 31 heavy (non-hydrogen) atoms. The zero-order valence-electron chi connectivity index (χ0n) is 18.7. The molecule has 0 aromatic heterocycles. The zero-order chi connectivity index (χ0) is 21.6. The van der Waals surface area contributed by atoms with Crippen molar-refractivity contribution in [3.8, 4) is 0 Å². The van der Waals surface area contributed by atoms with Gasteiger partial charge in [0.15, 0.2) is 17.9 Å². The first kappa shape index (κ1) is 21.6. The Bertz CT molecular complexity index is 762. The highest BCUT2D eigenvalue weighted by molar-refractivity contribution is 5.47. The van der Waals surface area contributed by atoms with Crippen LogP contribution in [0.25, 0.3) is 0 Å². The summed E-state index contributed by atoms with van der Waals surface area (Å²) in [5.41, 5.74) is 2.34. The van der Waals surface area contributed by atoms with Gasteiger partial charge in [0, 0.05) is 18.8 Å². The van der Waals surface area contributed by atoms with E-state index in [4.69, 9.17) is 33.2 Å². The van der Waals surface area contributed by atoms with Crippen LogP contribution in [0.4, 0.5) is 5.69 Å². The molecule has 4 aliphatic heterocycles. The van der Waals surface area contributed by atoms with Gasteiger partial charge in [-0.05, 0) is 45.4 Å². The van der Waals surface area contributed by atoms with E-state index in [0.29, 0.717) is 13.2 Å². The second-order valence-corrected chi connectivity index (χ2v) is 9.49. The second kappa shape index (κ2) is 8.26. The molecule has 0 radical (unpaired) electrons. The molecule has 1 aromatic carbocycles. The van der Waals surface area contributed by atoms with Gasteiger partial charge in [0.2, 0.25) is 0 Å². The van der Waals surface area contributed by atoms with Crippen molar-refractivity contribution in [2.75, 3.05) is 37.8 Å². The maximum absolute atomic E-state index is 6.19. The van der Waals surface area contributed by atoms with Crippen LogP contribution in [0.2, 0.25) is 0 Å². The van der Waals surface area contributed by atoms with Crippen LogP contribution in [0.1, 0.15) is 33.3 Å². The average molecular weight is 436 g/mol. The minimum atomic E-state index is -0.714. The van der Waals surface area contributed by atoms with E-state index in [1.54, 1.807) is 0 Å². The molecule has 0 spiro atoms. The topological polar surface area (TPSA) is 67.9 Å². The summed E-state index contributed by atoms with van der Waals surface area (Å²) < 4.78 is 41.9. The molecule has 1 aromatic rings. The van der Waals surface area contributed by atoms with E-state index >= 15 is 0 Å². The lowest BCUT2D eigenvalue weighted by Gasteiger charge is -2.37. The molecule has 4 heterocycles. The first-order chi connectivity index (χ1) is 14.8. The molecule has 0 amide bonds. The van der Waals surface area contributed by atoms with Gasteiger partial charge < -0.3 is 38.1 Å². The first-order valence-electron chi connectivity index (χ1n) is 11.2. The summed E-state index contributed by atoms with van der Waals surface area (Å²) in [6.07, 6.45) is -1.62. The fourth-order valence-electron chi connectivity index (χ4n) is 4.75. The van der Waals surface area contributed by atoms with Crippen LogP contribution in [-0.4, -0.2) is 75.2 Å². The molecule has 0 N–H and O–H groups in total. The standard InChI is InChI=1S/C23H33NO7/c1-22(2)28-18-17(27-21-20(19(18)29-22)30-23(3,4)31-21)14-26-13-15-5-7-16(8-6-15)24-9-11-25-12-10-24/h5-8,17-21H,9-14H2,1-4H3/t17-,18+,19+,20-,21?/m1/s1. The van der Waals surface area contributed by atoms with Crippen molar-refractivity contribution in [1.82, 2.24) is 0 Å². The predicted octanol–water partition coefficient (Wildman–Crippen LogP) is 2.44. The third-order valence-corrected chi connectivity index (χ3v) is 6.11. The summed E-state index contributed by atoms with van der Waals surface area (Å²) in [4.78, 5) is 2.34. The normalized spacial score (nSPS) is 36.3. The van der Waals surface area contributed by atoms with Crippen molar-refractivity contribution in [2.24, 2.45) is 0 Å². The lowest BCUT2D eigenvalue weighted by atomic mass is 9.99. The number of morpholine rings is 1. The fraction of sp³-hybridized carbons (Fsp3) is 0.739. The molecule has 4 saturated heterocycles. The lowest BCUT2D eigenvalue weighted by Crippen LogP contribution is -2.56. The highest BCUT2D eigenvalue weighted by atomic mass is 16.9. The molecule has 0 aliphatic carbocycles. The van der Waals surface area contributed by atoms with Crippen LogP contribution >= 0.6 is 0 Å². The van der Waals surface area contributed by atoms with Crippen molar-refractivity contribution in [1.29, 1.82) is 0 Å². The Morgan fingerprint density at radius 1 is 0.871 bits per heavy atom. The van der Waals surface area contributed by atoms with Gasteiger partial charge >= 0.3 is 0 Å². The van der Waals surface area contributed by atoms with Crippen molar-refractivity contribution >= 4 is 5.69 Å². The number of hydrogen-bond donors (Lipinski definition) is 0. The van der Waals surface area contributed by atoms with E-state index in [-0.39, 0.29) is 24.4 Å². The van der Waals surface area contributed by atoms with Crippen LogP contribution in [0.15, 0.2) is 24.3 Å². The Balaban J connectivity index is 1.19. The predicted molar refractivity (Wildman–Crippen MR) is 112 cm³/mol. The number of ether oxygens (including phenoxy) is 7. The summed E-state index contributed by atoms with van der Waals surface area (Å²) in [6, 6.07) is 8.51. The molecule has 1 unspecified atom stereocenters. The summed E-state index contributed by atoms with van der Waals surface area (Å²) in [7, 11) is 0. The van der Waals surface area contributed by atoms with Gasteiger partial charge in [-0.1, -0.05) is 12.1 Å². The lowest BCUT2D eigenvalue weighted by molar-refractivity contribution is -0.243. The molecule has 0 bridgehead atoms. The average Bonchev–Trinajstić information content (AvgIpc) is 3.23. The van der Waals surface area contributed by atoms with Crippen LogP contribution in [0.3, 0.4) is 0 Å². The Hall–Kier alpha value is -1.26. The largest absolute Gasteiger partial charge is 0.378 e. The van der Waals surface area contributed by atoms with E-state index < -0.39 is 17.9 Å². The van der Waals surface area contributed by atoms with Crippen LogP contribution in [0.5, 0.6) is 0 Å². The summed E-state index contributed by atoms with van der Waals surface area (Å²) >= 11 is 0. The fourth-order valence-corrected chi connectivity index (χ4v) is 4.75. The maximum Gasteiger partial charge on any atom is 0.190 e. The highest BCUT2D eigenvalue weighted by Gasteiger charge is 2.60. The van der Waals surface area contributed by atoms with Crippen LogP contribution in [-0.2, 0) is 39.8 Å². The highest BCUT2D eigenvalue weighted by Crippen LogP contribution is 2.44. The number of rotatable bonds is 5. The zero-order valence-corrected chi connectivity index (χ0v) is 18.7.